The molecule has 0 aliphatic carbocycles. The lowest BCUT2D eigenvalue weighted by atomic mass is 9.99. The van der Waals surface area contributed by atoms with Gasteiger partial charge in [0.1, 0.15) is 5.52 Å². The van der Waals surface area contributed by atoms with Crippen LogP contribution in [0.3, 0.4) is 0 Å². The van der Waals surface area contributed by atoms with Gasteiger partial charge in [0.25, 0.3) is 5.91 Å². The van der Waals surface area contributed by atoms with E-state index >= 15 is 0 Å². The number of nitrogens with zero attached hydrogens (tertiary/aromatic N) is 1. The summed E-state index contributed by atoms with van der Waals surface area (Å²) < 4.78 is 11.6. The van der Waals surface area contributed by atoms with Crippen LogP contribution in [0.1, 0.15) is 42.6 Å². The smallest absolute Gasteiger partial charge is 0.339 e. The number of rotatable bonds is 6. The maximum Gasteiger partial charge on any atom is 0.339 e. The van der Waals surface area contributed by atoms with Crippen LogP contribution in [0, 0.1) is 0 Å². The lowest BCUT2D eigenvalue weighted by Crippen LogP contribution is -2.30. The van der Waals surface area contributed by atoms with E-state index in [4.69, 9.17) is 9.15 Å². The highest BCUT2D eigenvalue weighted by Gasteiger charge is 2.23. The summed E-state index contributed by atoms with van der Waals surface area (Å²) >= 11 is 0. The highest BCUT2D eigenvalue weighted by molar-refractivity contribution is 6.10. The van der Waals surface area contributed by atoms with Gasteiger partial charge in [0.05, 0.1) is 5.56 Å². The Morgan fingerprint density at radius 2 is 1.58 bits per heavy atom. The zero-order chi connectivity index (χ0) is 25.2. The van der Waals surface area contributed by atoms with E-state index in [0.717, 1.165) is 10.9 Å². The van der Waals surface area contributed by atoms with E-state index < -0.39 is 18.0 Å². The third kappa shape index (κ3) is 4.58. The molecule has 4 aromatic carbocycles. The van der Waals surface area contributed by atoms with E-state index in [0.29, 0.717) is 39.6 Å². The Bertz CT molecular complexity index is 1530. The van der Waals surface area contributed by atoms with Crippen molar-refractivity contribution in [3.8, 4) is 11.5 Å². The van der Waals surface area contributed by atoms with Crippen LogP contribution < -0.4 is 5.32 Å². The molecule has 0 spiro atoms. The maximum atomic E-state index is 13.2. The van der Waals surface area contributed by atoms with E-state index in [1.165, 1.54) is 5.56 Å². The monoisotopic (exact) mass is 478 g/mol. The molecule has 1 unspecified atom stereocenters. The second kappa shape index (κ2) is 9.66. The summed E-state index contributed by atoms with van der Waals surface area (Å²) in [6, 6.07) is 26.2. The summed E-state index contributed by atoms with van der Waals surface area (Å²) in [4.78, 5) is 30.6. The van der Waals surface area contributed by atoms with Crippen molar-refractivity contribution in [2.24, 2.45) is 0 Å². The average molecular weight is 479 g/mol. The maximum absolute atomic E-state index is 13.2. The van der Waals surface area contributed by atoms with E-state index in [2.05, 4.69) is 24.1 Å². The first-order valence-corrected chi connectivity index (χ1v) is 11.9. The van der Waals surface area contributed by atoms with Crippen molar-refractivity contribution in [3.05, 3.63) is 96.1 Å². The van der Waals surface area contributed by atoms with E-state index in [1.54, 1.807) is 19.1 Å². The lowest BCUT2D eigenvalue weighted by Gasteiger charge is -2.15. The molecule has 0 bridgehead atoms. The number of hydrogen-bond donors (Lipinski definition) is 1. The normalized spacial score (nSPS) is 12.1. The molecule has 0 aliphatic heterocycles. The standard InChI is InChI=1S/C30H26N2O4/c1-18(2)20-14-16-22(17-15-20)31-28(33)19(3)35-30(34)24-11-7-9-21-8-6-10-23(27(21)24)29-32-25-12-4-5-13-26(25)36-29/h4-19H,1-3H3,(H,31,33). The molecule has 180 valence electrons. The minimum atomic E-state index is -0.992. The van der Waals surface area contributed by atoms with Gasteiger partial charge in [0.15, 0.2) is 11.7 Å². The number of anilines is 1. The molecule has 0 radical (unpaired) electrons. The highest BCUT2D eigenvalue weighted by atomic mass is 16.5. The van der Waals surface area contributed by atoms with E-state index in [1.807, 2.05) is 72.8 Å². The first-order chi connectivity index (χ1) is 17.4. The summed E-state index contributed by atoms with van der Waals surface area (Å²) in [7, 11) is 0. The number of amides is 1. The molecular weight excluding hydrogens is 452 g/mol. The first-order valence-electron chi connectivity index (χ1n) is 11.9. The molecule has 1 heterocycles. The molecular formula is C30H26N2O4. The largest absolute Gasteiger partial charge is 0.449 e. The van der Waals surface area contributed by atoms with Gasteiger partial charge in [-0.2, -0.15) is 0 Å². The predicted molar refractivity (Wildman–Crippen MR) is 141 cm³/mol. The number of aromatic nitrogens is 1. The molecule has 0 aliphatic rings. The topological polar surface area (TPSA) is 81.4 Å². The molecule has 1 aromatic heterocycles. The van der Waals surface area contributed by atoms with Crippen molar-refractivity contribution >= 4 is 39.4 Å². The van der Waals surface area contributed by atoms with Crippen LogP contribution in [0.25, 0.3) is 33.3 Å². The molecule has 1 N–H and O–H groups in total. The van der Waals surface area contributed by atoms with Gasteiger partial charge in [-0.3, -0.25) is 4.79 Å². The Balaban J connectivity index is 1.41. The Morgan fingerprint density at radius 3 is 2.31 bits per heavy atom. The van der Waals surface area contributed by atoms with Gasteiger partial charge in [-0.05, 0) is 60.2 Å². The van der Waals surface area contributed by atoms with Crippen molar-refractivity contribution in [1.82, 2.24) is 4.98 Å². The number of esters is 1. The van der Waals surface area contributed by atoms with Gasteiger partial charge in [-0.15, -0.1) is 0 Å². The van der Waals surface area contributed by atoms with Crippen LogP contribution in [0.2, 0.25) is 0 Å². The number of hydrogen-bond acceptors (Lipinski definition) is 5. The molecule has 6 heteroatoms. The summed E-state index contributed by atoms with van der Waals surface area (Å²) in [5.74, 6) is -0.185. The molecule has 1 atom stereocenters. The average Bonchev–Trinajstić information content (AvgIpc) is 3.32. The number of benzene rings is 4. The van der Waals surface area contributed by atoms with E-state index in [9.17, 15) is 9.59 Å². The Labute approximate surface area is 208 Å². The van der Waals surface area contributed by atoms with Gasteiger partial charge >= 0.3 is 5.97 Å². The number of nitrogens with one attached hydrogen (secondary N) is 1. The summed E-state index contributed by atoms with van der Waals surface area (Å²) in [6.45, 7) is 5.78. The minimum absolute atomic E-state index is 0.339. The van der Waals surface area contributed by atoms with Crippen molar-refractivity contribution in [2.45, 2.75) is 32.8 Å². The van der Waals surface area contributed by atoms with Gasteiger partial charge in [-0.1, -0.05) is 62.4 Å². The second-order valence-corrected chi connectivity index (χ2v) is 9.01. The SMILES string of the molecule is CC(OC(=O)c1cccc2cccc(-c3nc4ccccc4o3)c12)C(=O)Nc1ccc(C(C)C)cc1. The van der Waals surface area contributed by atoms with Crippen molar-refractivity contribution in [1.29, 1.82) is 0 Å². The zero-order valence-electron chi connectivity index (χ0n) is 20.3. The Hall–Kier alpha value is -4.45. The van der Waals surface area contributed by atoms with Crippen LogP contribution >= 0.6 is 0 Å². The fourth-order valence-electron chi connectivity index (χ4n) is 4.15. The zero-order valence-corrected chi connectivity index (χ0v) is 20.3. The number of oxazole rings is 1. The van der Waals surface area contributed by atoms with Gasteiger partial charge < -0.3 is 14.5 Å². The molecule has 5 rings (SSSR count). The Morgan fingerprint density at radius 1 is 0.861 bits per heavy atom. The highest BCUT2D eigenvalue weighted by Crippen LogP contribution is 2.33. The quantitative estimate of drug-likeness (QED) is 0.267. The molecule has 1 amide bonds. The third-order valence-corrected chi connectivity index (χ3v) is 6.15. The third-order valence-electron chi connectivity index (χ3n) is 6.15. The predicted octanol–water partition coefficient (Wildman–Crippen LogP) is 6.96. The van der Waals surface area contributed by atoms with Crippen molar-refractivity contribution in [2.75, 3.05) is 5.32 Å². The fraction of sp³-hybridized carbons (Fsp3) is 0.167. The number of para-hydroxylation sites is 2. The number of carbonyl (C=O) groups excluding carboxylic acids is 2. The van der Waals surface area contributed by atoms with Crippen LogP contribution in [-0.4, -0.2) is 23.0 Å². The molecule has 0 saturated heterocycles. The number of fused-ring (bicyclic) bond motifs is 2. The summed E-state index contributed by atoms with van der Waals surface area (Å²) in [6.07, 6.45) is -0.992. The molecule has 6 nitrogen and oxygen atoms in total. The number of ether oxygens (including phenoxy) is 1. The number of carbonyl (C=O) groups is 2. The second-order valence-electron chi connectivity index (χ2n) is 9.01. The summed E-state index contributed by atoms with van der Waals surface area (Å²) in [5, 5.41) is 4.31. The van der Waals surface area contributed by atoms with Gasteiger partial charge in [-0.25, -0.2) is 9.78 Å². The van der Waals surface area contributed by atoms with Crippen LogP contribution in [-0.2, 0) is 9.53 Å². The molecule has 5 aromatic rings. The lowest BCUT2D eigenvalue weighted by molar-refractivity contribution is -0.123. The van der Waals surface area contributed by atoms with E-state index in [-0.39, 0.29) is 0 Å². The van der Waals surface area contributed by atoms with Gasteiger partial charge in [0, 0.05) is 16.6 Å². The first kappa shape index (κ1) is 23.3. The van der Waals surface area contributed by atoms with Crippen molar-refractivity contribution < 1.29 is 18.7 Å². The van der Waals surface area contributed by atoms with Crippen LogP contribution in [0.5, 0.6) is 0 Å². The van der Waals surface area contributed by atoms with Crippen molar-refractivity contribution in [3.63, 3.8) is 0 Å². The Kier molecular flexibility index (Phi) is 6.25. The summed E-state index contributed by atoms with van der Waals surface area (Å²) in [5.41, 5.74) is 4.24. The molecule has 0 fully saturated rings. The fourth-order valence-corrected chi connectivity index (χ4v) is 4.15. The van der Waals surface area contributed by atoms with Crippen LogP contribution in [0.4, 0.5) is 5.69 Å². The van der Waals surface area contributed by atoms with Gasteiger partial charge in [0.2, 0.25) is 5.89 Å². The minimum Gasteiger partial charge on any atom is -0.449 e. The molecule has 0 saturated carbocycles. The van der Waals surface area contributed by atoms with Crippen LogP contribution in [0.15, 0.2) is 89.3 Å². The molecule has 36 heavy (non-hydrogen) atoms.